The van der Waals surface area contributed by atoms with E-state index in [-0.39, 0.29) is 12.0 Å². The molecule has 27 heavy (non-hydrogen) atoms. The first-order valence-electron chi connectivity index (χ1n) is 8.59. The molecule has 0 aliphatic carbocycles. The summed E-state index contributed by atoms with van der Waals surface area (Å²) in [7, 11) is 1.55. The molecule has 0 saturated carbocycles. The standard InChI is InChI=1S/C17H21ClN4O3S2/c1-24-14-5-4-11(18)9-13(14)20-15(23)6-8-26-17-22-21-16(27-17)19-10-12-3-2-7-25-12/h4-5,9,12H,2-3,6-8,10H2,1H3,(H,19,21)(H,20,23). The molecule has 1 unspecified atom stereocenters. The van der Waals surface area contributed by atoms with Crippen LogP contribution >= 0.6 is 34.7 Å². The molecular formula is C17H21ClN4O3S2. The average molecular weight is 429 g/mol. The Morgan fingerprint density at radius 1 is 1.48 bits per heavy atom. The van der Waals surface area contributed by atoms with Crippen LogP contribution in [0.4, 0.5) is 10.8 Å². The fourth-order valence-corrected chi connectivity index (χ4v) is 4.51. The fraction of sp³-hybridized carbons (Fsp3) is 0.471. The molecule has 2 heterocycles. The van der Waals surface area contributed by atoms with E-state index in [9.17, 15) is 4.79 Å². The molecule has 2 N–H and O–H groups in total. The van der Waals surface area contributed by atoms with E-state index < -0.39 is 0 Å². The zero-order valence-electron chi connectivity index (χ0n) is 14.9. The molecule has 3 rings (SSSR count). The minimum absolute atomic E-state index is 0.107. The number of hydrogen-bond donors (Lipinski definition) is 2. The van der Waals surface area contributed by atoms with Crippen LogP contribution in [0.25, 0.3) is 0 Å². The third-order valence-electron chi connectivity index (χ3n) is 3.90. The molecule has 0 spiro atoms. The lowest BCUT2D eigenvalue weighted by Crippen LogP contribution is -2.18. The van der Waals surface area contributed by atoms with Crippen LogP contribution in [0.1, 0.15) is 19.3 Å². The summed E-state index contributed by atoms with van der Waals surface area (Å²) in [4.78, 5) is 12.2. The Hall–Kier alpha value is -1.55. The fourth-order valence-electron chi connectivity index (χ4n) is 2.57. The van der Waals surface area contributed by atoms with Crippen molar-refractivity contribution < 1.29 is 14.3 Å². The number of amides is 1. The van der Waals surface area contributed by atoms with Crippen molar-refractivity contribution in [3.8, 4) is 5.75 Å². The van der Waals surface area contributed by atoms with Crippen LogP contribution in [0.2, 0.25) is 5.02 Å². The van der Waals surface area contributed by atoms with E-state index in [2.05, 4.69) is 20.8 Å². The highest BCUT2D eigenvalue weighted by Gasteiger charge is 2.16. The van der Waals surface area contributed by atoms with E-state index in [0.29, 0.717) is 28.6 Å². The lowest BCUT2D eigenvalue weighted by Gasteiger charge is -2.10. The normalized spacial score (nSPS) is 16.3. The zero-order chi connectivity index (χ0) is 19.1. The SMILES string of the molecule is COc1ccc(Cl)cc1NC(=O)CCSc1nnc(NCC2CCCO2)s1. The molecule has 1 aromatic carbocycles. The first-order chi connectivity index (χ1) is 13.1. The summed E-state index contributed by atoms with van der Waals surface area (Å²) < 4.78 is 11.6. The maximum atomic E-state index is 12.2. The van der Waals surface area contributed by atoms with E-state index in [1.54, 1.807) is 25.3 Å². The van der Waals surface area contributed by atoms with Gasteiger partial charge in [0.1, 0.15) is 5.75 Å². The summed E-state index contributed by atoms with van der Waals surface area (Å²) in [6.45, 7) is 1.59. The molecular weight excluding hydrogens is 408 g/mol. The maximum absolute atomic E-state index is 12.2. The summed E-state index contributed by atoms with van der Waals surface area (Å²) in [6, 6.07) is 5.10. The Kier molecular flexibility index (Phi) is 7.57. The number of hydrogen-bond acceptors (Lipinski definition) is 8. The average Bonchev–Trinajstić information content (AvgIpc) is 3.32. The first kappa shape index (κ1) is 20.2. The number of halogens is 1. The van der Waals surface area contributed by atoms with Crippen LogP contribution in [0.15, 0.2) is 22.5 Å². The highest BCUT2D eigenvalue weighted by molar-refractivity contribution is 8.01. The van der Waals surface area contributed by atoms with E-state index in [1.165, 1.54) is 23.1 Å². The Bertz CT molecular complexity index is 768. The quantitative estimate of drug-likeness (QED) is 0.585. The largest absolute Gasteiger partial charge is 0.495 e. The molecule has 1 saturated heterocycles. The van der Waals surface area contributed by atoms with Crippen LogP contribution in [0, 0.1) is 0 Å². The molecule has 1 fully saturated rings. The molecule has 1 aliphatic rings. The van der Waals surface area contributed by atoms with E-state index in [4.69, 9.17) is 21.1 Å². The summed E-state index contributed by atoms with van der Waals surface area (Å²) in [5, 5.41) is 15.7. The Morgan fingerprint density at radius 3 is 3.15 bits per heavy atom. The van der Waals surface area contributed by atoms with Crippen LogP contribution in [0.5, 0.6) is 5.75 Å². The van der Waals surface area contributed by atoms with Gasteiger partial charge in [-0.15, -0.1) is 10.2 Å². The summed E-state index contributed by atoms with van der Waals surface area (Å²) in [6.07, 6.45) is 2.81. The predicted octanol–water partition coefficient (Wildman–Crippen LogP) is 3.91. The van der Waals surface area contributed by atoms with E-state index in [1.807, 2.05) is 0 Å². The van der Waals surface area contributed by atoms with Crippen molar-refractivity contribution in [2.75, 3.05) is 36.6 Å². The third-order valence-corrected chi connectivity index (χ3v) is 6.15. The van der Waals surface area contributed by atoms with Crippen LogP contribution in [-0.4, -0.2) is 48.2 Å². The molecule has 1 atom stereocenters. The molecule has 1 amide bonds. The molecule has 146 valence electrons. The number of carbonyl (C=O) groups excluding carboxylic acids is 1. The van der Waals surface area contributed by atoms with Crippen molar-refractivity contribution in [3.63, 3.8) is 0 Å². The number of carbonyl (C=O) groups is 1. The Morgan fingerprint density at radius 2 is 2.37 bits per heavy atom. The van der Waals surface area contributed by atoms with Gasteiger partial charge < -0.3 is 20.1 Å². The van der Waals surface area contributed by atoms with Gasteiger partial charge in [0, 0.05) is 30.3 Å². The van der Waals surface area contributed by atoms with Crippen LogP contribution in [0.3, 0.4) is 0 Å². The predicted molar refractivity (Wildman–Crippen MR) is 109 cm³/mol. The van der Waals surface area contributed by atoms with Gasteiger partial charge in [-0.1, -0.05) is 34.7 Å². The summed E-state index contributed by atoms with van der Waals surface area (Å²) >= 11 is 8.96. The molecule has 7 nitrogen and oxygen atoms in total. The van der Waals surface area contributed by atoms with Gasteiger partial charge in [0.25, 0.3) is 0 Å². The first-order valence-corrected chi connectivity index (χ1v) is 10.8. The smallest absolute Gasteiger partial charge is 0.225 e. The second kappa shape index (κ2) is 10.1. The zero-order valence-corrected chi connectivity index (χ0v) is 17.3. The lowest BCUT2D eigenvalue weighted by atomic mass is 10.2. The number of benzene rings is 1. The molecule has 0 radical (unpaired) electrons. The van der Waals surface area contributed by atoms with Crippen molar-refractivity contribution >= 4 is 51.4 Å². The van der Waals surface area contributed by atoms with Gasteiger partial charge in [-0.3, -0.25) is 4.79 Å². The van der Waals surface area contributed by atoms with Crippen molar-refractivity contribution in [2.24, 2.45) is 0 Å². The molecule has 1 aromatic heterocycles. The van der Waals surface area contributed by atoms with Crippen molar-refractivity contribution in [1.29, 1.82) is 0 Å². The van der Waals surface area contributed by atoms with Crippen LogP contribution in [-0.2, 0) is 9.53 Å². The van der Waals surface area contributed by atoms with E-state index in [0.717, 1.165) is 35.5 Å². The van der Waals surface area contributed by atoms with Gasteiger partial charge in [0.2, 0.25) is 11.0 Å². The number of nitrogens with zero attached hydrogens (tertiary/aromatic N) is 2. The minimum atomic E-state index is -0.107. The molecule has 2 aromatic rings. The number of rotatable bonds is 9. The maximum Gasteiger partial charge on any atom is 0.225 e. The highest BCUT2D eigenvalue weighted by Crippen LogP contribution is 2.29. The summed E-state index contributed by atoms with van der Waals surface area (Å²) in [5.41, 5.74) is 0.566. The number of nitrogens with one attached hydrogen (secondary N) is 2. The molecule has 10 heteroatoms. The van der Waals surface area contributed by atoms with Crippen LogP contribution < -0.4 is 15.4 Å². The van der Waals surface area contributed by atoms with Crippen molar-refractivity contribution in [3.05, 3.63) is 23.2 Å². The number of thioether (sulfide) groups is 1. The Labute approximate surface area is 171 Å². The van der Waals surface area contributed by atoms with Gasteiger partial charge in [-0.05, 0) is 31.0 Å². The Balaban J connectivity index is 1.40. The topological polar surface area (TPSA) is 85.4 Å². The number of aromatic nitrogens is 2. The second-order valence-electron chi connectivity index (χ2n) is 5.88. The lowest BCUT2D eigenvalue weighted by molar-refractivity contribution is -0.115. The van der Waals surface area contributed by atoms with Crippen molar-refractivity contribution in [1.82, 2.24) is 10.2 Å². The van der Waals surface area contributed by atoms with Gasteiger partial charge in [0.05, 0.1) is 18.9 Å². The summed E-state index contributed by atoms with van der Waals surface area (Å²) in [5.74, 6) is 1.07. The molecule has 1 aliphatic heterocycles. The van der Waals surface area contributed by atoms with Gasteiger partial charge >= 0.3 is 0 Å². The highest BCUT2D eigenvalue weighted by atomic mass is 35.5. The minimum Gasteiger partial charge on any atom is -0.495 e. The second-order valence-corrected chi connectivity index (χ2v) is 8.64. The van der Waals surface area contributed by atoms with Crippen molar-refractivity contribution in [2.45, 2.75) is 29.7 Å². The van der Waals surface area contributed by atoms with Gasteiger partial charge in [-0.2, -0.15) is 0 Å². The monoisotopic (exact) mass is 428 g/mol. The van der Waals surface area contributed by atoms with Gasteiger partial charge in [0.15, 0.2) is 4.34 Å². The van der Waals surface area contributed by atoms with E-state index >= 15 is 0 Å². The number of methoxy groups -OCH3 is 1. The third kappa shape index (κ3) is 6.24. The van der Waals surface area contributed by atoms with Gasteiger partial charge in [-0.25, -0.2) is 0 Å². The molecule has 0 bridgehead atoms. The number of ether oxygens (including phenoxy) is 2. The number of anilines is 2.